The van der Waals surface area contributed by atoms with Crippen LogP contribution >= 0.6 is 11.8 Å². The number of nitro groups is 1. The van der Waals surface area contributed by atoms with Gasteiger partial charge < -0.3 is 20.9 Å². The average molecular weight is 638 g/mol. The highest BCUT2D eigenvalue weighted by atomic mass is 32.2. The van der Waals surface area contributed by atoms with E-state index in [2.05, 4.69) is 16.0 Å². The summed E-state index contributed by atoms with van der Waals surface area (Å²) in [5, 5.41) is 19.1. The molecule has 236 valence electrons. The molecule has 3 N–H and O–H groups in total. The van der Waals surface area contributed by atoms with E-state index in [1.165, 1.54) is 30.0 Å². The van der Waals surface area contributed by atoms with Gasteiger partial charge in [0.15, 0.2) is 0 Å². The Morgan fingerprint density at radius 1 is 0.913 bits per heavy atom. The van der Waals surface area contributed by atoms with Gasteiger partial charge in [-0.15, -0.1) is 11.8 Å². The minimum absolute atomic E-state index is 0.0457. The van der Waals surface area contributed by atoms with Crippen LogP contribution in [0.3, 0.4) is 0 Å². The molecule has 1 atom stereocenters. The Hall–Kier alpha value is -5.42. The van der Waals surface area contributed by atoms with Crippen LogP contribution in [0.1, 0.15) is 34.8 Å². The first-order valence-electron chi connectivity index (χ1n) is 14.5. The molecule has 4 aromatic rings. The lowest BCUT2D eigenvalue weighted by Crippen LogP contribution is -2.30. The zero-order valence-corrected chi connectivity index (χ0v) is 26.8. The summed E-state index contributed by atoms with van der Waals surface area (Å²) < 4.78 is 0. The van der Waals surface area contributed by atoms with Gasteiger partial charge in [0.2, 0.25) is 5.91 Å². The molecule has 4 aromatic carbocycles. The van der Waals surface area contributed by atoms with Crippen LogP contribution in [0.25, 0.3) is 6.08 Å². The Labute approximate surface area is 272 Å². The SMILES string of the molecule is CCC(Sc1cccc(NC(=O)/C(=C\c2ccc(N(C)C)cc2)NC(=O)c2ccccc2)c1)C(=O)Nc1ccc([N+](=O)[O-])cc1C. The number of non-ortho nitro benzene ring substituents is 1. The van der Waals surface area contributed by atoms with Crippen molar-refractivity contribution in [3.05, 3.63) is 130 Å². The number of hydrogen-bond donors (Lipinski definition) is 3. The van der Waals surface area contributed by atoms with Crippen LogP contribution in [0.15, 0.2) is 108 Å². The topological polar surface area (TPSA) is 134 Å². The third kappa shape index (κ3) is 9.05. The second kappa shape index (κ2) is 15.5. The van der Waals surface area contributed by atoms with Gasteiger partial charge in [-0.05, 0) is 79.1 Å². The molecular weight excluding hydrogens is 602 g/mol. The maximum Gasteiger partial charge on any atom is 0.272 e. The summed E-state index contributed by atoms with van der Waals surface area (Å²) in [6.07, 6.45) is 2.13. The molecule has 11 heteroatoms. The van der Waals surface area contributed by atoms with Crippen LogP contribution in [0, 0.1) is 17.0 Å². The lowest BCUT2D eigenvalue weighted by Gasteiger charge is -2.17. The first kappa shape index (κ1) is 33.5. The number of aryl methyl sites for hydroxylation is 1. The molecule has 0 fully saturated rings. The maximum absolute atomic E-state index is 13.5. The van der Waals surface area contributed by atoms with Crippen LogP contribution in [0.4, 0.5) is 22.7 Å². The van der Waals surface area contributed by atoms with Crippen LogP contribution in [-0.4, -0.2) is 42.0 Å². The Bertz CT molecular complexity index is 1760. The lowest BCUT2D eigenvalue weighted by atomic mass is 10.1. The Kier molecular flexibility index (Phi) is 11.3. The molecule has 0 radical (unpaired) electrons. The van der Waals surface area contributed by atoms with Gasteiger partial charge >= 0.3 is 0 Å². The fraction of sp³-hybridized carbons (Fsp3) is 0.171. The Morgan fingerprint density at radius 2 is 1.63 bits per heavy atom. The molecule has 0 bridgehead atoms. The summed E-state index contributed by atoms with van der Waals surface area (Å²) in [5.74, 6) is -1.18. The number of carbonyl (C=O) groups is 3. The van der Waals surface area contributed by atoms with Crippen molar-refractivity contribution in [3.63, 3.8) is 0 Å². The number of thioether (sulfide) groups is 1. The molecule has 0 aliphatic heterocycles. The van der Waals surface area contributed by atoms with E-state index in [-0.39, 0.29) is 17.3 Å². The number of benzene rings is 4. The minimum Gasteiger partial charge on any atom is -0.378 e. The van der Waals surface area contributed by atoms with Crippen molar-refractivity contribution in [1.29, 1.82) is 0 Å². The number of nitro benzene ring substituents is 1. The van der Waals surface area contributed by atoms with Crippen molar-refractivity contribution < 1.29 is 19.3 Å². The molecule has 0 saturated heterocycles. The lowest BCUT2D eigenvalue weighted by molar-refractivity contribution is -0.384. The molecule has 46 heavy (non-hydrogen) atoms. The number of carbonyl (C=O) groups excluding carboxylic acids is 3. The number of rotatable bonds is 12. The predicted octanol–water partition coefficient (Wildman–Crippen LogP) is 6.89. The standard InChI is InChI=1S/C35H35N5O5S/c1-5-32(35(43)37-30-19-18-28(40(44)45)20-23(30)2)46-29-13-9-12-26(22-29)36-34(42)31(38-33(41)25-10-7-6-8-11-25)21-24-14-16-27(17-15-24)39(3)4/h6-22,32H,5H2,1-4H3,(H,36,42)(H,37,43)(H,38,41)/b31-21+. The molecule has 10 nitrogen and oxygen atoms in total. The van der Waals surface area contributed by atoms with E-state index in [1.54, 1.807) is 61.5 Å². The van der Waals surface area contributed by atoms with Crippen molar-refractivity contribution in [2.24, 2.45) is 0 Å². The van der Waals surface area contributed by atoms with Gasteiger partial charge in [0.1, 0.15) is 5.70 Å². The summed E-state index contributed by atoms with van der Waals surface area (Å²) in [5.41, 5.74) is 3.73. The molecule has 0 aliphatic rings. The van der Waals surface area contributed by atoms with Gasteiger partial charge in [-0.1, -0.05) is 43.3 Å². The molecule has 0 spiro atoms. The number of hydrogen-bond acceptors (Lipinski definition) is 7. The van der Waals surface area contributed by atoms with E-state index in [0.717, 1.165) is 16.1 Å². The summed E-state index contributed by atoms with van der Waals surface area (Å²) in [4.78, 5) is 53.0. The molecule has 0 saturated carbocycles. The minimum atomic E-state index is -0.512. The third-order valence-electron chi connectivity index (χ3n) is 6.96. The van der Waals surface area contributed by atoms with Gasteiger partial charge in [0.05, 0.1) is 10.2 Å². The number of nitrogens with zero attached hydrogens (tertiary/aromatic N) is 2. The van der Waals surface area contributed by atoms with Gasteiger partial charge in [-0.3, -0.25) is 24.5 Å². The fourth-order valence-electron chi connectivity index (χ4n) is 4.42. The quantitative estimate of drug-likeness (QED) is 0.0667. The predicted molar refractivity (Wildman–Crippen MR) is 184 cm³/mol. The molecule has 4 rings (SSSR count). The Morgan fingerprint density at radius 3 is 2.26 bits per heavy atom. The molecule has 0 aromatic heterocycles. The number of amides is 3. The van der Waals surface area contributed by atoms with E-state index in [1.807, 2.05) is 56.3 Å². The molecular formula is C35H35N5O5S. The highest BCUT2D eigenvalue weighted by Gasteiger charge is 2.21. The smallest absolute Gasteiger partial charge is 0.272 e. The van der Waals surface area contributed by atoms with Gasteiger partial charge in [0.25, 0.3) is 17.5 Å². The zero-order valence-electron chi connectivity index (χ0n) is 25.9. The number of anilines is 3. The zero-order chi connectivity index (χ0) is 33.2. The van der Waals surface area contributed by atoms with E-state index < -0.39 is 22.0 Å². The average Bonchev–Trinajstić information content (AvgIpc) is 3.04. The highest BCUT2D eigenvalue weighted by Crippen LogP contribution is 2.30. The normalized spacial score (nSPS) is 11.7. The fourth-order valence-corrected chi connectivity index (χ4v) is 5.44. The van der Waals surface area contributed by atoms with Crippen molar-refractivity contribution in [1.82, 2.24) is 5.32 Å². The number of nitrogens with one attached hydrogen (secondary N) is 3. The van der Waals surface area contributed by atoms with E-state index >= 15 is 0 Å². The van der Waals surface area contributed by atoms with Crippen LogP contribution < -0.4 is 20.9 Å². The van der Waals surface area contributed by atoms with Gasteiger partial charge in [0, 0.05) is 53.7 Å². The van der Waals surface area contributed by atoms with Gasteiger partial charge in [-0.2, -0.15) is 0 Å². The highest BCUT2D eigenvalue weighted by molar-refractivity contribution is 8.00. The first-order chi connectivity index (χ1) is 22.0. The first-order valence-corrected chi connectivity index (χ1v) is 15.4. The van der Waals surface area contributed by atoms with Crippen molar-refractivity contribution in [2.75, 3.05) is 29.6 Å². The van der Waals surface area contributed by atoms with E-state index in [0.29, 0.717) is 28.9 Å². The Balaban J connectivity index is 1.50. The second-order valence-corrected chi connectivity index (χ2v) is 11.9. The van der Waals surface area contributed by atoms with Crippen LogP contribution in [-0.2, 0) is 9.59 Å². The van der Waals surface area contributed by atoms with Crippen molar-refractivity contribution in [3.8, 4) is 0 Å². The molecule has 0 heterocycles. The molecule has 3 amide bonds. The van der Waals surface area contributed by atoms with Crippen molar-refractivity contribution >= 4 is 58.3 Å². The third-order valence-corrected chi connectivity index (χ3v) is 8.32. The van der Waals surface area contributed by atoms with E-state index in [4.69, 9.17) is 0 Å². The second-order valence-electron chi connectivity index (χ2n) is 10.6. The summed E-state index contributed by atoms with van der Waals surface area (Å²) in [6.45, 7) is 3.59. The van der Waals surface area contributed by atoms with E-state index in [9.17, 15) is 24.5 Å². The summed E-state index contributed by atoms with van der Waals surface area (Å²) >= 11 is 1.33. The maximum atomic E-state index is 13.5. The molecule has 1 unspecified atom stereocenters. The summed E-state index contributed by atoms with van der Waals surface area (Å²) in [6, 6.07) is 27.6. The van der Waals surface area contributed by atoms with Crippen LogP contribution in [0.5, 0.6) is 0 Å². The van der Waals surface area contributed by atoms with Gasteiger partial charge in [-0.25, -0.2) is 0 Å². The summed E-state index contributed by atoms with van der Waals surface area (Å²) in [7, 11) is 3.87. The monoisotopic (exact) mass is 637 g/mol. The largest absolute Gasteiger partial charge is 0.378 e. The van der Waals surface area contributed by atoms with Crippen LogP contribution in [0.2, 0.25) is 0 Å². The van der Waals surface area contributed by atoms with Crippen molar-refractivity contribution in [2.45, 2.75) is 30.4 Å². The molecule has 0 aliphatic carbocycles.